The van der Waals surface area contributed by atoms with Gasteiger partial charge in [0.05, 0.1) is 6.54 Å². The van der Waals surface area contributed by atoms with Crippen molar-refractivity contribution in [3.63, 3.8) is 0 Å². The maximum absolute atomic E-state index is 12.1. The summed E-state index contributed by atoms with van der Waals surface area (Å²) in [6, 6.07) is 10.5. The van der Waals surface area contributed by atoms with Crippen molar-refractivity contribution in [3.05, 3.63) is 51.7 Å². The number of hydrogen-bond donors (Lipinski definition) is 2. The van der Waals surface area contributed by atoms with E-state index in [0.717, 1.165) is 11.3 Å². The summed E-state index contributed by atoms with van der Waals surface area (Å²) in [7, 11) is 0. The number of benzene rings is 1. The normalized spacial score (nSPS) is 10.2. The highest BCUT2D eigenvalue weighted by molar-refractivity contribution is 7.11. The first-order chi connectivity index (χ1) is 10.6. The van der Waals surface area contributed by atoms with Gasteiger partial charge in [-0.2, -0.15) is 0 Å². The summed E-state index contributed by atoms with van der Waals surface area (Å²) in [5.74, 6) is -0.911. The largest absolute Gasteiger partial charge is 0.482 e. The van der Waals surface area contributed by atoms with Crippen molar-refractivity contribution in [1.29, 1.82) is 0 Å². The molecule has 1 aromatic heterocycles. The van der Waals surface area contributed by atoms with Crippen LogP contribution < -0.4 is 10.1 Å². The van der Waals surface area contributed by atoms with Crippen LogP contribution in [0.15, 0.2) is 36.4 Å². The Balaban J connectivity index is 1.94. The average molecular weight is 319 g/mol. The van der Waals surface area contributed by atoms with Gasteiger partial charge in [0.15, 0.2) is 6.61 Å². The first kappa shape index (κ1) is 16.0. The molecule has 0 spiro atoms. The second-order valence-electron chi connectivity index (χ2n) is 4.61. The summed E-state index contributed by atoms with van der Waals surface area (Å²) in [5.41, 5.74) is 0.440. The molecule has 22 heavy (non-hydrogen) atoms. The number of rotatable bonds is 7. The van der Waals surface area contributed by atoms with Crippen LogP contribution in [0.2, 0.25) is 0 Å². The summed E-state index contributed by atoms with van der Waals surface area (Å²) in [5, 5.41) is 11.4. The van der Waals surface area contributed by atoms with Crippen LogP contribution in [0.4, 0.5) is 0 Å². The van der Waals surface area contributed by atoms with Crippen LogP contribution in [0.1, 0.15) is 27.0 Å². The topological polar surface area (TPSA) is 75.6 Å². The smallest absolute Gasteiger partial charge is 0.341 e. The minimum Gasteiger partial charge on any atom is -0.482 e. The van der Waals surface area contributed by atoms with Gasteiger partial charge in [0, 0.05) is 15.3 Å². The number of aliphatic carboxylic acids is 1. The molecule has 0 saturated carbocycles. The lowest BCUT2D eigenvalue weighted by Gasteiger charge is -2.07. The van der Waals surface area contributed by atoms with Crippen molar-refractivity contribution in [2.24, 2.45) is 0 Å². The van der Waals surface area contributed by atoms with Crippen LogP contribution in [0.5, 0.6) is 5.75 Å². The minimum absolute atomic E-state index is 0.216. The van der Waals surface area contributed by atoms with E-state index in [4.69, 9.17) is 9.84 Å². The van der Waals surface area contributed by atoms with Gasteiger partial charge in [-0.25, -0.2) is 4.79 Å². The van der Waals surface area contributed by atoms with E-state index in [2.05, 4.69) is 18.3 Å². The summed E-state index contributed by atoms with van der Waals surface area (Å²) >= 11 is 1.68. The summed E-state index contributed by atoms with van der Waals surface area (Å²) in [6.07, 6.45) is 0.988. The van der Waals surface area contributed by atoms with E-state index in [9.17, 15) is 9.59 Å². The maximum atomic E-state index is 12.1. The Labute approximate surface area is 132 Å². The van der Waals surface area contributed by atoms with Crippen LogP contribution in [0.25, 0.3) is 0 Å². The number of aryl methyl sites for hydroxylation is 1. The lowest BCUT2D eigenvalue weighted by molar-refractivity contribution is -0.139. The summed E-state index contributed by atoms with van der Waals surface area (Å²) in [4.78, 5) is 25.0. The molecule has 0 unspecified atom stereocenters. The molecule has 1 amide bonds. The van der Waals surface area contributed by atoms with Gasteiger partial charge in [0.2, 0.25) is 0 Å². The van der Waals surface area contributed by atoms with Gasteiger partial charge in [-0.1, -0.05) is 13.0 Å². The average Bonchev–Trinajstić information content (AvgIpc) is 2.99. The van der Waals surface area contributed by atoms with Crippen molar-refractivity contribution in [1.82, 2.24) is 5.32 Å². The zero-order valence-corrected chi connectivity index (χ0v) is 13.0. The molecule has 0 radical (unpaired) electrons. The van der Waals surface area contributed by atoms with E-state index in [-0.39, 0.29) is 5.91 Å². The Hall–Kier alpha value is -2.34. The third-order valence-electron chi connectivity index (χ3n) is 2.95. The molecule has 5 nitrogen and oxygen atoms in total. The van der Waals surface area contributed by atoms with E-state index in [1.165, 1.54) is 10.9 Å². The lowest BCUT2D eigenvalue weighted by Crippen LogP contribution is -2.22. The second-order valence-corrected chi connectivity index (χ2v) is 5.87. The van der Waals surface area contributed by atoms with Crippen molar-refractivity contribution >= 4 is 23.2 Å². The molecule has 1 aromatic carbocycles. The molecule has 0 aliphatic heterocycles. The quantitative estimate of drug-likeness (QED) is 0.823. The SMILES string of the molecule is CCc1ccc(CNC(=O)c2cccc(OCC(=O)O)c2)s1. The highest BCUT2D eigenvalue weighted by Crippen LogP contribution is 2.17. The van der Waals surface area contributed by atoms with E-state index in [0.29, 0.717) is 17.9 Å². The number of hydrogen-bond acceptors (Lipinski definition) is 4. The van der Waals surface area contributed by atoms with Gasteiger partial charge in [0.1, 0.15) is 5.75 Å². The molecule has 2 aromatic rings. The van der Waals surface area contributed by atoms with Crippen LogP contribution in [-0.2, 0) is 17.8 Å². The van der Waals surface area contributed by atoms with Crippen molar-refractivity contribution < 1.29 is 19.4 Å². The number of ether oxygens (including phenoxy) is 1. The first-order valence-electron chi connectivity index (χ1n) is 6.89. The van der Waals surface area contributed by atoms with Gasteiger partial charge in [-0.15, -0.1) is 11.3 Å². The van der Waals surface area contributed by atoms with Crippen molar-refractivity contribution in [2.45, 2.75) is 19.9 Å². The number of nitrogens with one attached hydrogen (secondary N) is 1. The number of carbonyl (C=O) groups is 2. The van der Waals surface area contributed by atoms with Gasteiger partial charge >= 0.3 is 5.97 Å². The molecule has 6 heteroatoms. The van der Waals surface area contributed by atoms with E-state index >= 15 is 0 Å². The number of carbonyl (C=O) groups excluding carboxylic acids is 1. The predicted molar refractivity (Wildman–Crippen MR) is 84.4 cm³/mol. The number of carboxylic acids is 1. The third-order valence-corrected chi connectivity index (χ3v) is 4.18. The third kappa shape index (κ3) is 4.60. The lowest BCUT2D eigenvalue weighted by atomic mass is 10.2. The summed E-state index contributed by atoms with van der Waals surface area (Å²) < 4.78 is 5.06. The highest BCUT2D eigenvalue weighted by atomic mass is 32.1. The van der Waals surface area contributed by atoms with Gasteiger partial charge < -0.3 is 15.2 Å². The molecule has 2 rings (SSSR count). The monoisotopic (exact) mass is 319 g/mol. The Morgan fingerprint density at radius 1 is 1.23 bits per heavy atom. The molecule has 1 heterocycles. The zero-order valence-electron chi connectivity index (χ0n) is 12.2. The Kier molecular flexibility index (Phi) is 5.55. The molecule has 0 fully saturated rings. The van der Waals surface area contributed by atoms with Crippen molar-refractivity contribution in [2.75, 3.05) is 6.61 Å². The molecule has 0 atom stereocenters. The molecule has 116 valence electrons. The highest BCUT2D eigenvalue weighted by Gasteiger charge is 2.08. The molecule has 2 N–H and O–H groups in total. The number of amides is 1. The summed E-state index contributed by atoms with van der Waals surface area (Å²) in [6.45, 7) is 2.14. The Morgan fingerprint density at radius 2 is 2.00 bits per heavy atom. The van der Waals surface area contributed by atoms with Gasteiger partial charge in [0.25, 0.3) is 5.91 Å². The van der Waals surface area contributed by atoms with Crippen LogP contribution in [0, 0.1) is 0 Å². The standard InChI is InChI=1S/C16H17NO4S/c1-2-13-6-7-14(22-13)9-17-16(20)11-4-3-5-12(8-11)21-10-15(18)19/h3-8H,2,9-10H2,1H3,(H,17,20)(H,18,19). The molecule has 0 bridgehead atoms. The van der Waals surface area contributed by atoms with Gasteiger partial charge in [-0.05, 0) is 36.8 Å². The van der Waals surface area contributed by atoms with Gasteiger partial charge in [-0.3, -0.25) is 4.79 Å². The van der Waals surface area contributed by atoms with E-state index < -0.39 is 12.6 Å². The van der Waals surface area contributed by atoms with Crippen LogP contribution in [-0.4, -0.2) is 23.6 Å². The molecular weight excluding hydrogens is 302 g/mol. The van der Waals surface area contributed by atoms with Crippen LogP contribution >= 0.6 is 11.3 Å². The Morgan fingerprint density at radius 3 is 2.68 bits per heavy atom. The van der Waals surface area contributed by atoms with Crippen LogP contribution in [0.3, 0.4) is 0 Å². The second kappa shape index (κ2) is 7.61. The molecular formula is C16H17NO4S. The molecule has 0 aliphatic rings. The van der Waals surface area contributed by atoms with E-state index in [1.54, 1.807) is 29.5 Å². The minimum atomic E-state index is -1.06. The fraction of sp³-hybridized carbons (Fsp3) is 0.250. The fourth-order valence-electron chi connectivity index (χ4n) is 1.85. The Bertz CT molecular complexity index is 666. The number of thiophene rings is 1. The molecule has 0 aliphatic carbocycles. The maximum Gasteiger partial charge on any atom is 0.341 e. The van der Waals surface area contributed by atoms with Crippen molar-refractivity contribution in [3.8, 4) is 5.75 Å². The molecule has 0 saturated heterocycles. The zero-order chi connectivity index (χ0) is 15.9. The fourth-order valence-corrected chi connectivity index (χ4v) is 2.75. The first-order valence-corrected chi connectivity index (χ1v) is 7.70. The number of carboxylic acid groups (broad SMARTS) is 1. The van der Waals surface area contributed by atoms with E-state index in [1.807, 2.05) is 6.07 Å². The predicted octanol–water partition coefficient (Wildman–Crippen LogP) is 2.70.